The Morgan fingerprint density at radius 2 is 1.90 bits per heavy atom. The van der Waals surface area contributed by atoms with Crippen molar-refractivity contribution in [2.24, 2.45) is 5.73 Å². The second-order valence-electron chi connectivity index (χ2n) is 5.69. The zero-order chi connectivity index (χ0) is 16.4. The van der Waals surface area contributed by atoms with E-state index in [0.717, 1.165) is 6.07 Å². The van der Waals surface area contributed by atoms with Crippen molar-refractivity contribution in [1.82, 2.24) is 0 Å². The molecule has 0 saturated carbocycles. The van der Waals surface area contributed by atoms with Gasteiger partial charge in [0.15, 0.2) is 6.10 Å². The number of ether oxygens (including phenoxy) is 1. The minimum absolute atomic E-state index is 0.00259. The van der Waals surface area contributed by atoms with Crippen LogP contribution in [0.5, 0.6) is 0 Å². The van der Waals surface area contributed by atoms with E-state index in [0.29, 0.717) is 5.56 Å². The highest BCUT2D eigenvalue weighted by atomic mass is 16.6. The van der Waals surface area contributed by atoms with E-state index in [1.165, 1.54) is 19.1 Å². The number of primary amides is 1. The van der Waals surface area contributed by atoms with Crippen molar-refractivity contribution in [3.63, 3.8) is 0 Å². The Morgan fingerprint density at radius 3 is 2.33 bits per heavy atom. The Morgan fingerprint density at radius 1 is 1.33 bits per heavy atom. The molecular weight excluding hydrogens is 276 g/mol. The molecule has 7 nitrogen and oxygen atoms in total. The maximum atomic E-state index is 11.8. The maximum absolute atomic E-state index is 11.8. The van der Waals surface area contributed by atoms with Gasteiger partial charge >= 0.3 is 5.97 Å². The second-order valence-corrected chi connectivity index (χ2v) is 5.69. The van der Waals surface area contributed by atoms with E-state index in [4.69, 9.17) is 10.5 Å². The van der Waals surface area contributed by atoms with E-state index in [2.05, 4.69) is 0 Å². The molecule has 0 unspecified atom stereocenters. The van der Waals surface area contributed by atoms with Crippen molar-refractivity contribution in [2.45, 2.75) is 39.2 Å². The van der Waals surface area contributed by atoms with E-state index in [9.17, 15) is 19.7 Å². The van der Waals surface area contributed by atoms with Gasteiger partial charge in [0.25, 0.3) is 11.6 Å². The standard InChI is InChI=1S/C14H18N2O5/c1-8(12(15)17)21-13(18)9-5-6-10(14(2,3)4)11(7-9)16(19)20/h5-8H,1-4H3,(H2,15,17)/t8-/m0/s1. The van der Waals surface area contributed by atoms with Crippen molar-refractivity contribution in [3.05, 3.63) is 39.4 Å². The van der Waals surface area contributed by atoms with Gasteiger partial charge in [-0.2, -0.15) is 0 Å². The number of nitrogens with zero attached hydrogens (tertiary/aromatic N) is 1. The summed E-state index contributed by atoms with van der Waals surface area (Å²) in [6.45, 7) is 6.84. The van der Waals surface area contributed by atoms with Crippen LogP contribution in [0, 0.1) is 10.1 Å². The summed E-state index contributed by atoms with van der Waals surface area (Å²) >= 11 is 0. The molecule has 0 radical (unpaired) electrons. The van der Waals surface area contributed by atoms with Crippen molar-refractivity contribution < 1.29 is 19.2 Å². The summed E-state index contributed by atoms with van der Waals surface area (Å²) in [5.74, 6) is -1.62. The van der Waals surface area contributed by atoms with E-state index in [-0.39, 0.29) is 11.3 Å². The van der Waals surface area contributed by atoms with Gasteiger partial charge in [-0.15, -0.1) is 0 Å². The molecule has 0 fully saturated rings. The van der Waals surface area contributed by atoms with Crippen LogP contribution in [-0.2, 0) is 14.9 Å². The Bertz CT molecular complexity index is 590. The number of benzene rings is 1. The molecule has 21 heavy (non-hydrogen) atoms. The van der Waals surface area contributed by atoms with Crippen molar-refractivity contribution in [1.29, 1.82) is 0 Å². The lowest BCUT2D eigenvalue weighted by atomic mass is 9.85. The van der Waals surface area contributed by atoms with Gasteiger partial charge in [-0.1, -0.05) is 26.8 Å². The molecule has 1 aromatic carbocycles. The van der Waals surface area contributed by atoms with Crippen LogP contribution < -0.4 is 5.73 Å². The zero-order valence-corrected chi connectivity index (χ0v) is 12.4. The van der Waals surface area contributed by atoms with Crippen LogP contribution >= 0.6 is 0 Å². The third kappa shape index (κ3) is 4.01. The lowest BCUT2D eigenvalue weighted by molar-refractivity contribution is -0.386. The van der Waals surface area contributed by atoms with Gasteiger partial charge in [-0.3, -0.25) is 14.9 Å². The topological polar surface area (TPSA) is 113 Å². The molecule has 0 aliphatic carbocycles. The Labute approximate surface area is 122 Å². The molecule has 2 N–H and O–H groups in total. The fourth-order valence-electron chi connectivity index (χ4n) is 1.73. The Hall–Kier alpha value is -2.44. The number of hydrogen-bond donors (Lipinski definition) is 1. The maximum Gasteiger partial charge on any atom is 0.339 e. The number of nitro groups is 1. The summed E-state index contributed by atoms with van der Waals surface area (Å²) < 4.78 is 4.82. The highest BCUT2D eigenvalue weighted by molar-refractivity contribution is 5.92. The molecule has 0 aliphatic heterocycles. The van der Waals surface area contributed by atoms with E-state index in [1.807, 2.05) is 20.8 Å². The highest BCUT2D eigenvalue weighted by Gasteiger charge is 2.27. The monoisotopic (exact) mass is 294 g/mol. The molecule has 7 heteroatoms. The summed E-state index contributed by atoms with van der Waals surface area (Å²) in [5, 5.41) is 11.2. The molecule has 114 valence electrons. The SMILES string of the molecule is C[C@H](OC(=O)c1ccc(C(C)(C)C)c([N+](=O)[O-])c1)C(N)=O. The van der Waals surface area contributed by atoms with Gasteiger partial charge in [0, 0.05) is 11.6 Å². The molecule has 1 aromatic rings. The average Bonchev–Trinajstić information content (AvgIpc) is 2.36. The van der Waals surface area contributed by atoms with Gasteiger partial charge in [0.05, 0.1) is 10.5 Å². The third-order valence-corrected chi connectivity index (χ3v) is 2.92. The van der Waals surface area contributed by atoms with Crippen LogP contribution in [0.3, 0.4) is 0 Å². The number of rotatable bonds is 4. The first-order valence-corrected chi connectivity index (χ1v) is 6.33. The fourth-order valence-corrected chi connectivity index (χ4v) is 1.73. The predicted octanol–water partition coefficient (Wildman–Crippen LogP) is 1.92. The van der Waals surface area contributed by atoms with Crippen molar-refractivity contribution in [3.8, 4) is 0 Å². The number of hydrogen-bond acceptors (Lipinski definition) is 5. The minimum Gasteiger partial charge on any atom is -0.449 e. The molecule has 0 spiro atoms. The normalized spacial score (nSPS) is 12.6. The second kappa shape index (κ2) is 5.90. The van der Waals surface area contributed by atoms with Gasteiger partial charge in [0.1, 0.15) is 0 Å². The molecule has 0 aliphatic rings. The first kappa shape index (κ1) is 16.6. The summed E-state index contributed by atoms with van der Waals surface area (Å²) in [6.07, 6.45) is -1.10. The Kier molecular flexibility index (Phi) is 4.67. The first-order chi connectivity index (χ1) is 9.54. The molecular formula is C14H18N2O5. The van der Waals surface area contributed by atoms with Crippen LogP contribution in [-0.4, -0.2) is 22.9 Å². The number of carbonyl (C=O) groups is 2. The van der Waals surface area contributed by atoms with Crippen LogP contribution in [0.2, 0.25) is 0 Å². The lowest BCUT2D eigenvalue weighted by Crippen LogP contribution is -2.30. The van der Waals surface area contributed by atoms with Gasteiger partial charge in [0.2, 0.25) is 0 Å². The van der Waals surface area contributed by atoms with Crippen LogP contribution in [0.25, 0.3) is 0 Å². The fraction of sp³-hybridized carbons (Fsp3) is 0.429. The largest absolute Gasteiger partial charge is 0.449 e. The summed E-state index contributed by atoms with van der Waals surface area (Å²) in [7, 11) is 0. The average molecular weight is 294 g/mol. The number of nitrogens with two attached hydrogens (primary N) is 1. The number of esters is 1. The number of amides is 1. The first-order valence-electron chi connectivity index (χ1n) is 6.33. The number of nitro benzene ring substituents is 1. The molecule has 0 bridgehead atoms. The van der Waals surface area contributed by atoms with E-state index >= 15 is 0 Å². The third-order valence-electron chi connectivity index (χ3n) is 2.92. The smallest absolute Gasteiger partial charge is 0.339 e. The number of carbonyl (C=O) groups excluding carboxylic acids is 2. The van der Waals surface area contributed by atoms with Crippen LogP contribution in [0.4, 0.5) is 5.69 Å². The molecule has 1 atom stereocenters. The Balaban J connectivity index is 3.18. The summed E-state index contributed by atoms with van der Waals surface area (Å²) in [5.41, 5.74) is 4.90. The van der Waals surface area contributed by atoms with Crippen molar-refractivity contribution in [2.75, 3.05) is 0 Å². The molecule has 0 saturated heterocycles. The van der Waals surface area contributed by atoms with Crippen molar-refractivity contribution >= 4 is 17.6 Å². The zero-order valence-electron chi connectivity index (χ0n) is 12.4. The van der Waals surface area contributed by atoms with E-state index in [1.54, 1.807) is 0 Å². The molecule has 0 heterocycles. The molecule has 1 amide bonds. The summed E-state index contributed by atoms with van der Waals surface area (Å²) in [6, 6.07) is 4.10. The van der Waals surface area contributed by atoms with Gasteiger partial charge in [-0.05, 0) is 18.4 Å². The van der Waals surface area contributed by atoms with Gasteiger partial charge < -0.3 is 10.5 Å². The van der Waals surface area contributed by atoms with Crippen LogP contribution in [0.15, 0.2) is 18.2 Å². The molecule has 1 rings (SSSR count). The predicted molar refractivity (Wildman–Crippen MR) is 75.9 cm³/mol. The highest BCUT2D eigenvalue weighted by Crippen LogP contribution is 2.32. The lowest BCUT2D eigenvalue weighted by Gasteiger charge is -2.19. The van der Waals surface area contributed by atoms with Crippen LogP contribution in [0.1, 0.15) is 43.6 Å². The molecule has 0 aromatic heterocycles. The van der Waals surface area contributed by atoms with E-state index < -0.39 is 28.3 Å². The quantitative estimate of drug-likeness (QED) is 0.518. The minimum atomic E-state index is -1.10. The summed E-state index contributed by atoms with van der Waals surface area (Å²) in [4.78, 5) is 33.3. The van der Waals surface area contributed by atoms with Gasteiger partial charge in [-0.25, -0.2) is 4.79 Å².